The number of hydrogen-bond donors (Lipinski definition) is 0. The molecule has 1 saturated carbocycles. The normalized spacial score (nSPS) is 17.0. The molecule has 0 atom stereocenters. The van der Waals surface area contributed by atoms with Crippen molar-refractivity contribution < 1.29 is 31.9 Å². The summed E-state index contributed by atoms with van der Waals surface area (Å²) in [5.74, 6) is -1.35. The molecule has 1 spiro atoms. The van der Waals surface area contributed by atoms with Crippen molar-refractivity contribution in [2.24, 2.45) is 5.41 Å². The van der Waals surface area contributed by atoms with Gasteiger partial charge >= 0.3 is 12.1 Å². The zero-order valence-corrected chi connectivity index (χ0v) is 21.1. The molecule has 0 N–H and O–H groups in total. The number of nitrogens with zero attached hydrogens (tertiary/aromatic N) is 4. The summed E-state index contributed by atoms with van der Waals surface area (Å²) in [7, 11) is 0. The van der Waals surface area contributed by atoms with Gasteiger partial charge in [-0.1, -0.05) is 17.7 Å². The fourth-order valence-corrected chi connectivity index (χ4v) is 5.95. The number of rotatable bonds is 6. The number of hydrogen-bond acceptors (Lipinski definition) is 6. The van der Waals surface area contributed by atoms with E-state index in [0.29, 0.717) is 13.1 Å². The van der Waals surface area contributed by atoms with Gasteiger partial charge < -0.3 is 9.64 Å². The maximum absolute atomic E-state index is 13.9. The van der Waals surface area contributed by atoms with E-state index in [1.807, 2.05) is 0 Å². The average molecular weight is 557 g/mol. The molecule has 37 heavy (non-hydrogen) atoms. The number of carbonyl (C=O) groups excluding carboxylic acids is 2. The first-order valence-corrected chi connectivity index (χ1v) is 12.6. The largest absolute Gasteiger partial charge is 0.456 e. The zero-order chi connectivity index (χ0) is 26.5. The van der Waals surface area contributed by atoms with E-state index in [-0.39, 0.29) is 52.4 Å². The van der Waals surface area contributed by atoms with E-state index in [1.165, 1.54) is 36.5 Å². The number of thiazole rings is 1. The van der Waals surface area contributed by atoms with Gasteiger partial charge in [0.05, 0.1) is 10.0 Å². The third-order valence-corrected chi connectivity index (χ3v) is 8.17. The number of carbonyl (C=O) groups is 2. The van der Waals surface area contributed by atoms with Crippen LogP contribution in [0, 0.1) is 18.2 Å². The lowest BCUT2D eigenvalue weighted by Gasteiger charge is -2.58. The molecule has 0 unspecified atom stereocenters. The first-order chi connectivity index (χ1) is 17.4. The van der Waals surface area contributed by atoms with E-state index in [4.69, 9.17) is 16.3 Å². The number of halogens is 5. The Kier molecular flexibility index (Phi) is 6.51. The molecule has 7 nitrogen and oxygen atoms in total. The van der Waals surface area contributed by atoms with Gasteiger partial charge in [0.2, 0.25) is 5.91 Å². The fourth-order valence-electron chi connectivity index (χ4n) is 4.85. The Bertz CT molecular complexity index is 1340. The van der Waals surface area contributed by atoms with Crippen LogP contribution in [0.25, 0.3) is 0 Å². The Morgan fingerprint density at radius 2 is 2.00 bits per heavy atom. The van der Waals surface area contributed by atoms with Crippen LogP contribution in [0.3, 0.4) is 0 Å². The van der Waals surface area contributed by atoms with Crippen molar-refractivity contribution in [2.75, 3.05) is 13.1 Å². The number of aryl methyl sites for hydroxylation is 1. The summed E-state index contributed by atoms with van der Waals surface area (Å²) in [6.07, 6.45) is -2.97. The van der Waals surface area contributed by atoms with Crippen LogP contribution < -0.4 is 0 Å². The van der Waals surface area contributed by atoms with Gasteiger partial charge in [0.25, 0.3) is 0 Å². The molecule has 1 aliphatic heterocycles. The number of likely N-dealkylation sites (tertiary alicyclic amines) is 1. The lowest BCUT2D eigenvalue weighted by molar-refractivity contribution is -0.152. The zero-order valence-electron chi connectivity index (χ0n) is 19.5. The van der Waals surface area contributed by atoms with Crippen LogP contribution in [0.5, 0.6) is 0 Å². The number of alkyl halides is 3. The van der Waals surface area contributed by atoms with Crippen LogP contribution in [0.1, 0.15) is 51.2 Å². The number of ether oxygens (including phenoxy) is 1. The van der Waals surface area contributed by atoms with Crippen LogP contribution >= 0.6 is 22.9 Å². The van der Waals surface area contributed by atoms with Crippen LogP contribution in [0.15, 0.2) is 29.6 Å². The number of amides is 1. The van der Waals surface area contributed by atoms with Crippen molar-refractivity contribution in [1.82, 2.24) is 19.7 Å². The van der Waals surface area contributed by atoms with Crippen molar-refractivity contribution in [3.8, 4) is 0 Å². The first-order valence-electron chi connectivity index (χ1n) is 11.4. The predicted octanol–water partition coefficient (Wildman–Crippen LogP) is 5.22. The molecule has 13 heteroatoms. The molecule has 1 aliphatic carbocycles. The summed E-state index contributed by atoms with van der Waals surface area (Å²) >= 11 is 7.30. The topological polar surface area (TPSA) is 77.3 Å². The van der Waals surface area contributed by atoms with Gasteiger partial charge in [-0.25, -0.2) is 14.2 Å². The first kappa shape index (κ1) is 25.7. The van der Waals surface area contributed by atoms with E-state index in [1.54, 1.807) is 10.3 Å². The maximum Gasteiger partial charge on any atom is 0.435 e. The van der Waals surface area contributed by atoms with E-state index < -0.39 is 23.7 Å². The summed E-state index contributed by atoms with van der Waals surface area (Å²) in [5.41, 5.74) is -0.532. The van der Waals surface area contributed by atoms with E-state index in [9.17, 15) is 27.2 Å². The molecule has 1 amide bonds. The highest BCUT2D eigenvalue weighted by Crippen LogP contribution is 2.56. The Labute approximate surface area is 218 Å². The molecule has 3 aromatic rings. The lowest BCUT2D eigenvalue weighted by atomic mass is 9.58. The molecule has 2 aliphatic rings. The predicted molar refractivity (Wildman–Crippen MR) is 126 cm³/mol. The highest BCUT2D eigenvalue weighted by molar-refractivity contribution is 7.09. The van der Waals surface area contributed by atoms with Gasteiger partial charge in [-0.3, -0.25) is 9.48 Å². The van der Waals surface area contributed by atoms with Gasteiger partial charge in [0.15, 0.2) is 11.4 Å². The van der Waals surface area contributed by atoms with Gasteiger partial charge in [-0.2, -0.15) is 18.3 Å². The molecule has 2 aromatic heterocycles. The Morgan fingerprint density at radius 1 is 1.27 bits per heavy atom. The van der Waals surface area contributed by atoms with Gasteiger partial charge in [0, 0.05) is 41.1 Å². The van der Waals surface area contributed by atoms with Crippen LogP contribution in [0.4, 0.5) is 17.6 Å². The lowest BCUT2D eigenvalue weighted by Crippen LogP contribution is -2.63. The molecule has 1 saturated heterocycles. The molecule has 2 fully saturated rings. The summed E-state index contributed by atoms with van der Waals surface area (Å²) in [6, 6.07) is 5.14. The highest BCUT2D eigenvalue weighted by atomic mass is 35.5. The molecule has 0 radical (unpaired) electrons. The highest BCUT2D eigenvalue weighted by Gasteiger charge is 2.54. The minimum atomic E-state index is -4.55. The second kappa shape index (κ2) is 9.39. The molecular formula is C24H21ClF4N4O3S. The standard InChI is InChI=1S/C24H21ClF4N4O3S/c1-13-5-19(24(27,28)29)31-33(13)8-20(34)32-11-23(12-32)6-14(7-23)21-30-18(10-37-21)22(35)36-9-15-16(25)3-2-4-17(15)26/h2-5,10,14H,6-9,11-12H2,1H3. The SMILES string of the molecule is Cc1cc(C(F)(F)F)nn1CC(=O)N1CC2(CC(c3nc(C(=O)OCc4c(F)cccc4Cl)cs3)C2)C1. The summed E-state index contributed by atoms with van der Waals surface area (Å²) in [6.45, 7) is 1.99. The monoisotopic (exact) mass is 556 g/mol. The van der Waals surface area contributed by atoms with E-state index in [0.717, 1.165) is 28.6 Å². The molecule has 5 rings (SSSR count). The van der Waals surface area contributed by atoms with Crippen molar-refractivity contribution in [3.05, 3.63) is 68.1 Å². The quantitative estimate of drug-likeness (QED) is 0.307. The molecule has 196 valence electrons. The molecule has 1 aromatic carbocycles. The number of aromatic nitrogens is 3. The Morgan fingerprint density at radius 3 is 2.65 bits per heavy atom. The third-order valence-electron chi connectivity index (χ3n) is 6.81. The van der Waals surface area contributed by atoms with Crippen molar-refractivity contribution >= 4 is 34.8 Å². The van der Waals surface area contributed by atoms with Crippen LogP contribution in [0.2, 0.25) is 5.02 Å². The van der Waals surface area contributed by atoms with Crippen molar-refractivity contribution in [1.29, 1.82) is 0 Å². The smallest absolute Gasteiger partial charge is 0.435 e. The van der Waals surface area contributed by atoms with E-state index in [2.05, 4.69) is 10.1 Å². The minimum Gasteiger partial charge on any atom is -0.456 e. The van der Waals surface area contributed by atoms with Crippen molar-refractivity contribution in [2.45, 2.75) is 45.0 Å². The summed E-state index contributed by atoms with van der Waals surface area (Å²) in [5, 5.41) is 6.08. The Hall–Kier alpha value is -2.99. The number of benzene rings is 1. The van der Waals surface area contributed by atoms with Gasteiger partial charge in [0.1, 0.15) is 19.0 Å². The summed E-state index contributed by atoms with van der Waals surface area (Å²) < 4.78 is 58.7. The Balaban J connectivity index is 1.10. The second-order valence-electron chi connectivity index (χ2n) is 9.53. The minimum absolute atomic E-state index is 0.0372. The number of esters is 1. The van der Waals surface area contributed by atoms with E-state index >= 15 is 0 Å². The van der Waals surface area contributed by atoms with Crippen LogP contribution in [-0.4, -0.2) is 44.6 Å². The second-order valence-corrected chi connectivity index (χ2v) is 10.8. The maximum atomic E-state index is 13.9. The van der Waals surface area contributed by atoms with Crippen LogP contribution in [-0.2, 0) is 28.9 Å². The van der Waals surface area contributed by atoms with Crippen molar-refractivity contribution in [3.63, 3.8) is 0 Å². The molecule has 0 bridgehead atoms. The third kappa shape index (κ3) is 5.08. The average Bonchev–Trinajstić information content (AvgIpc) is 3.39. The van der Waals surface area contributed by atoms with Gasteiger partial charge in [-0.15, -0.1) is 11.3 Å². The fraction of sp³-hybridized carbons (Fsp3) is 0.417. The molecular weight excluding hydrogens is 536 g/mol. The molecule has 3 heterocycles. The van der Waals surface area contributed by atoms with Gasteiger partial charge in [-0.05, 0) is 38.0 Å². The summed E-state index contributed by atoms with van der Waals surface area (Å²) in [4.78, 5) is 30.9.